The van der Waals surface area contributed by atoms with Crippen LogP contribution < -0.4 is 10.6 Å². The highest BCUT2D eigenvalue weighted by atomic mass is 35.5. The molecule has 0 atom stereocenters. The lowest BCUT2D eigenvalue weighted by molar-refractivity contribution is 0.0510. The van der Waals surface area contributed by atoms with Gasteiger partial charge in [0.05, 0.1) is 6.61 Å². The van der Waals surface area contributed by atoms with Crippen LogP contribution >= 0.6 is 11.6 Å². The van der Waals surface area contributed by atoms with Gasteiger partial charge in [-0.25, -0.2) is 0 Å². The van der Waals surface area contributed by atoms with Crippen LogP contribution in [0.3, 0.4) is 0 Å². The minimum Gasteiger partial charge on any atom is -0.384 e. The van der Waals surface area contributed by atoms with Crippen LogP contribution in [-0.2, 0) is 4.74 Å². The fourth-order valence-electron chi connectivity index (χ4n) is 3.13. The van der Waals surface area contributed by atoms with Gasteiger partial charge in [-0.15, -0.1) is 0 Å². The first kappa shape index (κ1) is 17.9. The highest BCUT2D eigenvalue weighted by molar-refractivity contribution is 6.30. The third-order valence-electron chi connectivity index (χ3n) is 4.61. The molecule has 6 nitrogen and oxygen atoms in total. The van der Waals surface area contributed by atoms with E-state index in [-0.39, 0.29) is 17.0 Å². The van der Waals surface area contributed by atoms with E-state index in [1.165, 1.54) is 0 Å². The number of nitrogens with one attached hydrogen (secondary N) is 2. The Hall–Kier alpha value is -1.89. The first-order valence-electron chi connectivity index (χ1n) is 8.32. The molecule has 134 valence electrons. The standard InChI is InChI=1S/C18H22ClN3O3/c1-24-12-18(6-8-20-9-7-18)11-21-17(23)15-10-16(25-22-15)13-2-4-14(19)5-3-13/h2-5,10,20H,6-9,11-12H2,1H3,(H,21,23). The number of benzene rings is 1. The van der Waals surface area contributed by atoms with Crippen molar-refractivity contribution in [1.29, 1.82) is 0 Å². The molecule has 2 aromatic rings. The molecule has 25 heavy (non-hydrogen) atoms. The molecule has 0 aliphatic carbocycles. The van der Waals surface area contributed by atoms with E-state index in [9.17, 15) is 4.79 Å². The van der Waals surface area contributed by atoms with Crippen molar-refractivity contribution in [3.05, 3.63) is 41.0 Å². The summed E-state index contributed by atoms with van der Waals surface area (Å²) in [6.07, 6.45) is 1.94. The van der Waals surface area contributed by atoms with E-state index in [1.54, 1.807) is 25.3 Å². The van der Waals surface area contributed by atoms with Gasteiger partial charge < -0.3 is 19.9 Å². The predicted octanol–water partition coefficient (Wildman–Crippen LogP) is 2.74. The number of hydrogen-bond donors (Lipinski definition) is 2. The van der Waals surface area contributed by atoms with E-state index in [0.717, 1.165) is 31.5 Å². The third-order valence-corrected chi connectivity index (χ3v) is 4.86. The summed E-state index contributed by atoms with van der Waals surface area (Å²) in [5, 5.41) is 10.8. The number of ether oxygens (including phenoxy) is 1. The lowest BCUT2D eigenvalue weighted by atomic mass is 9.79. The molecule has 1 aromatic heterocycles. The van der Waals surface area contributed by atoms with E-state index >= 15 is 0 Å². The summed E-state index contributed by atoms with van der Waals surface area (Å²) in [4.78, 5) is 12.4. The van der Waals surface area contributed by atoms with Crippen LogP contribution in [-0.4, -0.2) is 44.4 Å². The molecule has 0 unspecified atom stereocenters. The zero-order valence-corrected chi connectivity index (χ0v) is 14.9. The molecular formula is C18H22ClN3O3. The van der Waals surface area contributed by atoms with E-state index in [2.05, 4.69) is 15.8 Å². The van der Waals surface area contributed by atoms with Crippen molar-refractivity contribution in [2.45, 2.75) is 12.8 Å². The van der Waals surface area contributed by atoms with E-state index in [0.29, 0.717) is 23.9 Å². The maximum atomic E-state index is 12.4. The van der Waals surface area contributed by atoms with Gasteiger partial charge in [0.1, 0.15) is 0 Å². The van der Waals surface area contributed by atoms with E-state index in [4.69, 9.17) is 20.9 Å². The Kier molecular flexibility index (Phi) is 5.73. The van der Waals surface area contributed by atoms with Gasteiger partial charge in [0.25, 0.3) is 5.91 Å². The minimum absolute atomic E-state index is 0.0294. The second-order valence-electron chi connectivity index (χ2n) is 6.45. The fourth-order valence-corrected chi connectivity index (χ4v) is 3.25. The van der Waals surface area contributed by atoms with E-state index in [1.807, 2.05) is 12.1 Å². The van der Waals surface area contributed by atoms with Crippen molar-refractivity contribution in [3.8, 4) is 11.3 Å². The largest absolute Gasteiger partial charge is 0.384 e. The molecule has 1 aliphatic heterocycles. The molecule has 0 spiro atoms. The zero-order valence-electron chi connectivity index (χ0n) is 14.2. The molecule has 0 radical (unpaired) electrons. The van der Waals surface area contributed by atoms with Crippen LogP contribution in [0.2, 0.25) is 5.02 Å². The number of hydrogen-bond acceptors (Lipinski definition) is 5. The number of piperidine rings is 1. The van der Waals surface area contributed by atoms with Gasteiger partial charge in [0, 0.05) is 35.7 Å². The quantitative estimate of drug-likeness (QED) is 0.825. The van der Waals surface area contributed by atoms with Crippen LogP contribution in [0.25, 0.3) is 11.3 Å². The van der Waals surface area contributed by atoms with Crippen molar-refractivity contribution in [1.82, 2.24) is 15.8 Å². The van der Waals surface area contributed by atoms with Gasteiger partial charge in [0.2, 0.25) is 0 Å². The average molecular weight is 364 g/mol. The molecule has 1 fully saturated rings. The Morgan fingerprint density at radius 2 is 2.08 bits per heavy atom. The number of carbonyl (C=O) groups excluding carboxylic acids is 1. The minimum atomic E-state index is -0.238. The summed E-state index contributed by atoms with van der Waals surface area (Å²) in [5.41, 5.74) is 1.06. The topological polar surface area (TPSA) is 76.4 Å². The summed E-state index contributed by atoms with van der Waals surface area (Å²) >= 11 is 5.88. The maximum absolute atomic E-state index is 12.4. The Bertz CT molecular complexity index is 703. The van der Waals surface area contributed by atoms with Crippen molar-refractivity contribution in [3.63, 3.8) is 0 Å². The highest BCUT2D eigenvalue weighted by Crippen LogP contribution is 2.28. The summed E-state index contributed by atoms with van der Waals surface area (Å²) in [7, 11) is 1.70. The van der Waals surface area contributed by atoms with Crippen molar-refractivity contribution >= 4 is 17.5 Å². The Morgan fingerprint density at radius 3 is 2.76 bits per heavy atom. The van der Waals surface area contributed by atoms with Crippen LogP contribution in [0.1, 0.15) is 23.3 Å². The molecule has 1 saturated heterocycles. The molecule has 1 amide bonds. The summed E-state index contributed by atoms with van der Waals surface area (Å²) in [6, 6.07) is 8.83. The molecule has 0 bridgehead atoms. The normalized spacial score (nSPS) is 16.6. The molecule has 2 heterocycles. The Morgan fingerprint density at radius 1 is 1.36 bits per heavy atom. The molecule has 2 N–H and O–H groups in total. The average Bonchev–Trinajstić information content (AvgIpc) is 3.12. The van der Waals surface area contributed by atoms with Crippen LogP contribution in [0.15, 0.2) is 34.9 Å². The number of nitrogens with zero attached hydrogens (tertiary/aromatic N) is 1. The second-order valence-corrected chi connectivity index (χ2v) is 6.89. The van der Waals surface area contributed by atoms with Gasteiger partial charge in [0.15, 0.2) is 11.5 Å². The summed E-state index contributed by atoms with van der Waals surface area (Å²) in [6.45, 7) is 3.06. The molecule has 0 saturated carbocycles. The molecule has 1 aromatic carbocycles. The predicted molar refractivity (Wildman–Crippen MR) is 95.7 cm³/mol. The number of aromatic nitrogens is 1. The number of halogens is 1. The van der Waals surface area contributed by atoms with Gasteiger partial charge >= 0.3 is 0 Å². The zero-order chi connectivity index (χ0) is 17.7. The summed E-state index contributed by atoms with van der Waals surface area (Å²) < 4.78 is 10.7. The lowest BCUT2D eigenvalue weighted by Crippen LogP contribution is -2.47. The third kappa shape index (κ3) is 4.39. The molecule has 1 aliphatic rings. The lowest BCUT2D eigenvalue weighted by Gasteiger charge is -2.37. The highest BCUT2D eigenvalue weighted by Gasteiger charge is 2.32. The Labute approximate surface area is 151 Å². The molecule has 3 rings (SSSR count). The number of rotatable bonds is 6. The van der Waals surface area contributed by atoms with Gasteiger partial charge in [-0.3, -0.25) is 4.79 Å². The Balaban J connectivity index is 1.64. The monoisotopic (exact) mass is 363 g/mol. The molecule has 7 heteroatoms. The van der Waals surface area contributed by atoms with Crippen LogP contribution in [0.4, 0.5) is 0 Å². The van der Waals surface area contributed by atoms with Crippen LogP contribution in [0.5, 0.6) is 0 Å². The second kappa shape index (κ2) is 7.99. The maximum Gasteiger partial charge on any atom is 0.273 e. The van der Waals surface area contributed by atoms with Crippen molar-refractivity contribution in [2.75, 3.05) is 33.4 Å². The van der Waals surface area contributed by atoms with Crippen LogP contribution in [0, 0.1) is 5.41 Å². The number of amides is 1. The smallest absolute Gasteiger partial charge is 0.273 e. The summed E-state index contributed by atoms with van der Waals surface area (Å²) in [5.74, 6) is 0.299. The first-order valence-corrected chi connectivity index (χ1v) is 8.70. The van der Waals surface area contributed by atoms with Gasteiger partial charge in [-0.05, 0) is 50.2 Å². The number of methoxy groups -OCH3 is 1. The number of carbonyl (C=O) groups is 1. The van der Waals surface area contributed by atoms with Gasteiger partial charge in [-0.1, -0.05) is 16.8 Å². The SMILES string of the molecule is COCC1(CNC(=O)c2cc(-c3ccc(Cl)cc3)on2)CCNCC1. The van der Waals surface area contributed by atoms with E-state index < -0.39 is 0 Å². The first-order chi connectivity index (χ1) is 12.1. The molecular weight excluding hydrogens is 342 g/mol. The van der Waals surface area contributed by atoms with Crippen molar-refractivity contribution in [2.24, 2.45) is 5.41 Å². The van der Waals surface area contributed by atoms with Gasteiger partial charge in [-0.2, -0.15) is 0 Å². The van der Waals surface area contributed by atoms with Crippen molar-refractivity contribution < 1.29 is 14.1 Å². The fraction of sp³-hybridized carbons (Fsp3) is 0.444.